The molecule has 0 unspecified atom stereocenters. The van der Waals surface area contributed by atoms with Gasteiger partial charge in [0.1, 0.15) is 23.9 Å². The van der Waals surface area contributed by atoms with Crippen LogP contribution in [0.3, 0.4) is 0 Å². The summed E-state index contributed by atoms with van der Waals surface area (Å²) < 4.78 is 39.0. The highest BCUT2D eigenvalue weighted by atomic mass is 35.5. The summed E-state index contributed by atoms with van der Waals surface area (Å²) in [5, 5.41) is 5.78. The molecule has 154 valence electrons. The Bertz CT molecular complexity index is 713. The Hall–Kier alpha value is -1.71. The van der Waals surface area contributed by atoms with Crippen molar-refractivity contribution in [3.8, 4) is 17.2 Å². The van der Waals surface area contributed by atoms with Gasteiger partial charge in [-0.25, -0.2) is 8.42 Å². The summed E-state index contributed by atoms with van der Waals surface area (Å²) in [7, 11) is -0.432. The van der Waals surface area contributed by atoms with Gasteiger partial charge in [0.2, 0.25) is 5.91 Å². The van der Waals surface area contributed by atoms with E-state index >= 15 is 0 Å². The maximum absolute atomic E-state index is 12.6. The Morgan fingerprint density at radius 1 is 1.11 bits per heavy atom. The van der Waals surface area contributed by atoms with Gasteiger partial charge in [0.05, 0.1) is 20.8 Å². The first-order valence-corrected chi connectivity index (χ1v) is 10.3. The van der Waals surface area contributed by atoms with Crippen molar-refractivity contribution in [1.82, 2.24) is 10.6 Å². The normalized spacial score (nSPS) is 16.0. The Balaban J connectivity index is 0.00000364. The van der Waals surface area contributed by atoms with Gasteiger partial charge in [-0.3, -0.25) is 4.79 Å². The van der Waals surface area contributed by atoms with Crippen molar-refractivity contribution in [3.63, 3.8) is 0 Å². The Morgan fingerprint density at radius 3 is 2.11 bits per heavy atom. The minimum Gasteiger partial charge on any atom is -0.496 e. The molecule has 1 heterocycles. The number of benzene rings is 1. The summed E-state index contributed by atoms with van der Waals surface area (Å²) >= 11 is 0. The molecular formula is C17H27ClN2O6S. The van der Waals surface area contributed by atoms with Crippen LogP contribution in [0.4, 0.5) is 0 Å². The summed E-state index contributed by atoms with van der Waals surface area (Å²) in [6, 6.07) is 5.13. The average Bonchev–Trinajstić information content (AvgIpc) is 2.64. The van der Waals surface area contributed by atoms with Gasteiger partial charge in [-0.1, -0.05) is 0 Å². The fraction of sp³-hybridized carbons (Fsp3) is 0.588. The number of halogens is 1. The second-order valence-corrected chi connectivity index (χ2v) is 8.49. The lowest BCUT2D eigenvalue weighted by atomic mass is 9.96. The highest BCUT2D eigenvalue weighted by molar-refractivity contribution is 7.92. The molecule has 0 aliphatic carbocycles. The van der Waals surface area contributed by atoms with Crippen molar-refractivity contribution < 1.29 is 27.4 Å². The molecule has 10 heteroatoms. The number of rotatable bonds is 8. The van der Waals surface area contributed by atoms with Gasteiger partial charge >= 0.3 is 0 Å². The second kappa shape index (κ2) is 10.0. The van der Waals surface area contributed by atoms with E-state index in [4.69, 9.17) is 14.2 Å². The number of nitrogens with one attached hydrogen (secondary N) is 2. The summed E-state index contributed by atoms with van der Waals surface area (Å²) in [5.74, 6) is 1.26. The average molecular weight is 423 g/mol. The predicted octanol–water partition coefficient (Wildman–Crippen LogP) is 0.787. The number of amides is 1. The maximum atomic E-state index is 12.6. The van der Waals surface area contributed by atoms with E-state index in [2.05, 4.69) is 10.6 Å². The van der Waals surface area contributed by atoms with Gasteiger partial charge in [-0.15, -0.1) is 12.4 Å². The van der Waals surface area contributed by atoms with E-state index in [1.165, 1.54) is 0 Å². The first-order chi connectivity index (χ1) is 12.3. The molecule has 0 aromatic heterocycles. The van der Waals surface area contributed by atoms with Gasteiger partial charge in [-0.2, -0.15) is 0 Å². The largest absolute Gasteiger partial charge is 0.496 e. The number of ether oxygens (including phenoxy) is 3. The Kier molecular flexibility index (Phi) is 8.64. The van der Waals surface area contributed by atoms with Crippen LogP contribution in [-0.4, -0.2) is 65.8 Å². The number of hydrogen-bond acceptors (Lipinski definition) is 7. The molecular weight excluding hydrogens is 396 g/mol. The van der Waals surface area contributed by atoms with Crippen LogP contribution in [0.5, 0.6) is 17.2 Å². The molecule has 0 atom stereocenters. The molecule has 1 aromatic carbocycles. The zero-order valence-electron chi connectivity index (χ0n) is 15.7. The molecule has 1 aromatic rings. The SMILES string of the molecule is COc1cc(OC)cc(OCCNC(=O)C2(S(C)(=O)=O)CCNCC2)c1.Cl. The van der Waals surface area contributed by atoms with Crippen molar-refractivity contribution in [2.45, 2.75) is 17.6 Å². The van der Waals surface area contributed by atoms with E-state index in [0.29, 0.717) is 30.3 Å². The van der Waals surface area contributed by atoms with Gasteiger partial charge < -0.3 is 24.8 Å². The summed E-state index contributed by atoms with van der Waals surface area (Å²) in [5.41, 5.74) is 0. The van der Waals surface area contributed by atoms with Gasteiger partial charge in [0.15, 0.2) is 14.6 Å². The molecule has 1 aliphatic heterocycles. The summed E-state index contributed by atoms with van der Waals surface area (Å²) in [4.78, 5) is 12.6. The molecule has 2 N–H and O–H groups in total. The molecule has 27 heavy (non-hydrogen) atoms. The third-order valence-corrected chi connectivity index (χ3v) is 6.53. The second-order valence-electron chi connectivity index (χ2n) is 6.17. The van der Waals surface area contributed by atoms with E-state index in [1.807, 2.05) is 0 Å². The quantitative estimate of drug-likeness (QED) is 0.597. The lowest BCUT2D eigenvalue weighted by molar-refractivity contribution is -0.124. The molecule has 2 rings (SSSR count). The van der Waals surface area contributed by atoms with Crippen molar-refractivity contribution in [2.24, 2.45) is 0 Å². The number of carbonyl (C=O) groups excluding carboxylic acids is 1. The molecule has 1 amide bonds. The van der Waals surface area contributed by atoms with Crippen molar-refractivity contribution in [3.05, 3.63) is 18.2 Å². The minimum absolute atomic E-state index is 0. The third-order valence-electron chi connectivity index (χ3n) is 4.52. The Labute approximate surface area is 166 Å². The predicted molar refractivity (Wildman–Crippen MR) is 105 cm³/mol. The number of hydrogen-bond donors (Lipinski definition) is 2. The first kappa shape index (κ1) is 23.3. The zero-order valence-corrected chi connectivity index (χ0v) is 17.4. The Morgan fingerprint density at radius 2 is 1.63 bits per heavy atom. The molecule has 0 saturated carbocycles. The number of sulfone groups is 1. The smallest absolute Gasteiger partial charge is 0.241 e. The number of piperidine rings is 1. The number of methoxy groups -OCH3 is 2. The number of carbonyl (C=O) groups is 1. The zero-order chi connectivity index (χ0) is 19.2. The van der Waals surface area contributed by atoms with Gasteiger partial charge in [0, 0.05) is 24.5 Å². The highest BCUT2D eigenvalue weighted by Crippen LogP contribution is 2.28. The van der Waals surface area contributed by atoms with E-state index in [1.54, 1.807) is 32.4 Å². The van der Waals surface area contributed by atoms with Crippen molar-refractivity contribution in [2.75, 3.05) is 46.7 Å². The van der Waals surface area contributed by atoms with Crippen molar-refractivity contribution in [1.29, 1.82) is 0 Å². The molecule has 0 bridgehead atoms. The molecule has 1 saturated heterocycles. The lowest BCUT2D eigenvalue weighted by Gasteiger charge is -2.34. The van der Waals surface area contributed by atoms with E-state index in [0.717, 1.165) is 6.26 Å². The van der Waals surface area contributed by atoms with Crippen LogP contribution in [-0.2, 0) is 14.6 Å². The van der Waals surface area contributed by atoms with Crippen LogP contribution in [0.1, 0.15) is 12.8 Å². The van der Waals surface area contributed by atoms with Gasteiger partial charge in [0.25, 0.3) is 0 Å². The van der Waals surface area contributed by atoms with E-state index in [-0.39, 0.29) is 38.4 Å². The van der Waals surface area contributed by atoms with Crippen LogP contribution in [0.15, 0.2) is 18.2 Å². The van der Waals surface area contributed by atoms with Crippen molar-refractivity contribution >= 4 is 28.2 Å². The maximum Gasteiger partial charge on any atom is 0.241 e. The van der Waals surface area contributed by atoms with Crippen LogP contribution >= 0.6 is 12.4 Å². The summed E-state index contributed by atoms with van der Waals surface area (Å²) in [6.07, 6.45) is 1.66. The fourth-order valence-electron chi connectivity index (χ4n) is 2.96. The topological polar surface area (TPSA) is 103 Å². The van der Waals surface area contributed by atoms with Gasteiger partial charge in [-0.05, 0) is 25.9 Å². The molecule has 8 nitrogen and oxygen atoms in total. The molecule has 0 spiro atoms. The molecule has 0 radical (unpaired) electrons. The lowest BCUT2D eigenvalue weighted by Crippen LogP contribution is -2.57. The molecule has 1 fully saturated rings. The highest BCUT2D eigenvalue weighted by Gasteiger charge is 2.48. The van der Waals surface area contributed by atoms with Crippen LogP contribution in [0.2, 0.25) is 0 Å². The fourth-order valence-corrected chi connectivity index (χ4v) is 4.31. The van der Waals surface area contributed by atoms with E-state index < -0.39 is 20.5 Å². The van der Waals surface area contributed by atoms with Crippen LogP contribution in [0.25, 0.3) is 0 Å². The van der Waals surface area contributed by atoms with E-state index in [9.17, 15) is 13.2 Å². The standard InChI is InChI=1S/C17H26N2O6S.ClH/c1-23-13-10-14(24-2)12-15(11-13)25-9-8-19-16(20)17(26(3,21)22)4-6-18-7-5-17;/h10-12,18H,4-9H2,1-3H3,(H,19,20);1H. The molecule has 1 aliphatic rings. The minimum atomic E-state index is -3.52. The summed E-state index contributed by atoms with van der Waals surface area (Å²) in [6.45, 7) is 1.39. The monoisotopic (exact) mass is 422 g/mol. The van der Waals surface area contributed by atoms with Crippen LogP contribution in [0, 0.1) is 0 Å². The third kappa shape index (κ3) is 5.63. The first-order valence-electron chi connectivity index (χ1n) is 8.37. The van der Waals surface area contributed by atoms with Crippen LogP contribution < -0.4 is 24.8 Å².